The van der Waals surface area contributed by atoms with Crippen LogP contribution in [0.4, 0.5) is 43.9 Å². The zero-order valence-corrected chi connectivity index (χ0v) is 18.7. The van der Waals surface area contributed by atoms with Gasteiger partial charge in [0.05, 0.1) is 52.9 Å². The van der Waals surface area contributed by atoms with Crippen molar-refractivity contribution in [3.8, 4) is 0 Å². The predicted molar refractivity (Wildman–Crippen MR) is 100 cm³/mol. The molecule has 212 valence electrons. The predicted octanol–water partition coefficient (Wildman–Crippen LogP) is 3.84. The molecule has 2 N–H and O–H groups in total. The maximum absolute atomic E-state index is 12.7. The first-order chi connectivity index (χ1) is 16.1. The highest BCUT2D eigenvalue weighted by atomic mass is 19.4. The second-order valence-corrected chi connectivity index (χ2v) is 7.65. The molecule has 0 aromatic heterocycles. The van der Waals surface area contributed by atoms with Crippen LogP contribution in [0.5, 0.6) is 0 Å². The summed E-state index contributed by atoms with van der Waals surface area (Å²) < 4.78 is 143. The molecule has 0 saturated heterocycles. The number of alkyl halides is 10. The highest BCUT2D eigenvalue weighted by molar-refractivity contribution is 4.76. The SMILES string of the molecule is OCC(COCCCOCC(CO)COCCC(F)(F)C(F)(F)F)COCCC(F)(F)C(F)(F)F. The minimum Gasteiger partial charge on any atom is -0.396 e. The van der Waals surface area contributed by atoms with Gasteiger partial charge in [-0.15, -0.1) is 0 Å². The van der Waals surface area contributed by atoms with Crippen molar-refractivity contribution in [2.24, 2.45) is 11.8 Å². The van der Waals surface area contributed by atoms with E-state index in [1.54, 1.807) is 0 Å². The lowest BCUT2D eigenvalue weighted by Crippen LogP contribution is -2.37. The van der Waals surface area contributed by atoms with E-state index < -0.39 is 75.3 Å². The summed E-state index contributed by atoms with van der Waals surface area (Å²) in [5.41, 5.74) is 0. The third-order valence-electron chi connectivity index (χ3n) is 4.46. The molecule has 0 radical (unpaired) electrons. The zero-order valence-electron chi connectivity index (χ0n) is 18.7. The van der Waals surface area contributed by atoms with Crippen LogP contribution < -0.4 is 0 Å². The van der Waals surface area contributed by atoms with E-state index in [1.165, 1.54) is 0 Å². The Morgan fingerprint density at radius 3 is 1.03 bits per heavy atom. The van der Waals surface area contributed by atoms with Gasteiger partial charge in [-0.2, -0.15) is 43.9 Å². The van der Waals surface area contributed by atoms with Gasteiger partial charge in [-0.1, -0.05) is 0 Å². The summed E-state index contributed by atoms with van der Waals surface area (Å²) in [5, 5.41) is 18.3. The summed E-state index contributed by atoms with van der Waals surface area (Å²) in [6.07, 6.45) is -14.1. The Bertz CT molecular complexity index is 499. The number of halogens is 10. The van der Waals surface area contributed by atoms with Gasteiger partial charge in [0, 0.05) is 37.9 Å². The van der Waals surface area contributed by atoms with Crippen LogP contribution in [0.25, 0.3) is 0 Å². The van der Waals surface area contributed by atoms with Gasteiger partial charge in [-0.25, -0.2) is 0 Å². The van der Waals surface area contributed by atoms with Crippen molar-refractivity contribution in [3.63, 3.8) is 0 Å². The first-order valence-corrected chi connectivity index (χ1v) is 10.5. The fraction of sp³-hybridized carbons (Fsp3) is 1.00. The molecular weight excluding hydrogens is 514 g/mol. The molecule has 0 amide bonds. The number of rotatable bonds is 20. The smallest absolute Gasteiger partial charge is 0.396 e. The van der Waals surface area contributed by atoms with E-state index >= 15 is 0 Å². The van der Waals surface area contributed by atoms with Crippen LogP contribution in [-0.4, -0.2) is 100 Å². The highest BCUT2D eigenvalue weighted by Crippen LogP contribution is 2.38. The molecule has 0 aliphatic rings. The van der Waals surface area contributed by atoms with Crippen molar-refractivity contribution >= 4 is 0 Å². The summed E-state index contributed by atoms with van der Waals surface area (Å²) in [5.74, 6) is -11.1. The van der Waals surface area contributed by atoms with E-state index in [2.05, 4.69) is 0 Å². The van der Waals surface area contributed by atoms with Gasteiger partial charge >= 0.3 is 24.2 Å². The number of aliphatic hydroxyl groups excluding tert-OH is 2. The number of hydrogen-bond acceptors (Lipinski definition) is 6. The quantitative estimate of drug-likeness (QED) is 0.179. The van der Waals surface area contributed by atoms with E-state index in [1.807, 2.05) is 0 Å². The van der Waals surface area contributed by atoms with E-state index in [4.69, 9.17) is 18.9 Å². The van der Waals surface area contributed by atoms with Crippen LogP contribution in [0, 0.1) is 11.8 Å². The summed E-state index contributed by atoms with van der Waals surface area (Å²) in [7, 11) is 0. The van der Waals surface area contributed by atoms with Gasteiger partial charge in [-0.05, 0) is 6.42 Å². The van der Waals surface area contributed by atoms with E-state index in [0.717, 1.165) is 0 Å². The molecule has 0 rings (SSSR count). The molecule has 35 heavy (non-hydrogen) atoms. The lowest BCUT2D eigenvalue weighted by atomic mass is 10.2. The molecule has 0 aromatic rings. The van der Waals surface area contributed by atoms with Crippen molar-refractivity contribution in [1.29, 1.82) is 0 Å². The maximum Gasteiger partial charge on any atom is 0.453 e. The van der Waals surface area contributed by atoms with Crippen LogP contribution in [0.15, 0.2) is 0 Å². The normalized spacial score (nSPS) is 15.4. The minimum atomic E-state index is -5.67. The summed E-state index contributed by atoms with van der Waals surface area (Å²) in [6.45, 7) is -3.14. The summed E-state index contributed by atoms with van der Waals surface area (Å²) in [4.78, 5) is 0. The van der Waals surface area contributed by atoms with Crippen LogP contribution >= 0.6 is 0 Å². The molecule has 0 aliphatic carbocycles. The Kier molecular flexibility index (Phi) is 15.6. The molecule has 2 atom stereocenters. The van der Waals surface area contributed by atoms with Crippen LogP contribution in [0.2, 0.25) is 0 Å². The second-order valence-electron chi connectivity index (χ2n) is 7.65. The lowest BCUT2D eigenvalue weighted by Gasteiger charge is -2.20. The largest absolute Gasteiger partial charge is 0.453 e. The monoisotopic (exact) mass is 544 g/mol. The highest BCUT2D eigenvalue weighted by Gasteiger charge is 2.57. The van der Waals surface area contributed by atoms with E-state index in [-0.39, 0.29) is 39.6 Å². The van der Waals surface area contributed by atoms with Crippen molar-refractivity contribution in [3.05, 3.63) is 0 Å². The van der Waals surface area contributed by atoms with Crippen LogP contribution in [0.1, 0.15) is 19.3 Å². The number of hydrogen-bond donors (Lipinski definition) is 2. The maximum atomic E-state index is 12.7. The molecule has 0 spiro atoms. The average molecular weight is 544 g/mol. The fourth-order valence-electron chi connectivity index (χ4n) is 2.25. The molecule has 0 aromatic carbocycles. The van der Waals surface area contributed by atoms with Gasteiger partial charge in [-0.3, -0.25) is 0 Å². The Labute approximate surface area is 195 Å². The molecule has 0 heterocycles. The van der Waals surface area contributed by atoms with Gasteiger partial charge in [0.2, 0.25) is 0 Å². The number of ether oxygens (including phenoxy) is 4. The molecule has 0 fully saturated rings. The Hall–Kier alpha value is -0.940. The third kappa shape index (κ3) is 14.4. The van der Waals surface area contributed by atoms with Crippen molar-refractivity contribution in [1.82, 2.24) is 0 Å². The van der Waals surface area contributed by atoms with E-state index in [0.29, 0.717) is 6.42 Å². The zero-order chi connectivity index (χ0) is 27.2. The molecule has 0 saturated carbocycles. The molecule has 16 heteroatoms. The first-order valence-electron chi connectivity index (χ1n) is 10.5. The van der Waals surface area contributed by atoms with Gasteiger partial charge in [0.25, 0.3) is 0 Å². The Morgan fingerprint density at radius 1 is 0.486 bits per heavy atom. The molecule has 6 nitrogen and oxygen atoms in total. The van der Waals surface area contributed by atoms with Crippen molar-refractivity contribution in [2.75, 3.05) is 66.1 Å². The van der Waals surface area contributed by atoms with Crippen molar-refractivity contribution in [2.45, 2.75) is 43.5 Å². The van der Waals surface area contributed by atoms with Gasteiger partial charge < -0.3 is 29.2 Å². The van der Waals surface area contributed by atoms with Gasteiger partial charge in [0.1, 0.15) is 0 Å². The van der Waals surface area contributed by atoms with Crippen LogP contribution in [0.3, 0.4) is 0 Å². The molecule has 0 bridgehead atoms. The minimum absolute atomic E-state index is 0.0676. The molecule has 2 unspecified atom stereocenters. The molecule has 0 aliphatic heterocycles. The average Bonchev–Trinajstić information content (AvgIpc) is 2.74. The Morgan fingerprint density at radius 2 is 0.771 bits per heavy atom. The summed E-state index contributed by atoms with van der Waals surface area (Å²) in [6, 6.07) is 0. The standard InChI is InChI=1S/C19H30F10O6/c20-16(21,18(24,25)26)2-6-34-12-14(8-30)10-32-4-1-5-33-11-15(9-31)13-35-7-3-17(22,23)19(27,28)29/h14-15,30-31H,1-13H2. The summed E-state index contributed by atoms with van der Waals surface area (Å²) >= 11 is 0. The fourth-order valence-corrected chi connectivity index (χ4v) is 2.25. The third-order valence-corrected chi connectivity index (χ3v) is 4.46. The Balaban J connectivity index is 3.88. The topological polar surface area (TPSA) is 77.4 Å². The van der Waals surface area contributed by atoms with Crippen LogP contribution in [-0.2, 0) is 18.9 Å². The van der Waals surface area contributed by atoms with Crippen molar-refractivity contribution < 1.29 is 73.1 Å². The molecular formula is C19H30F10O6. The first kappa shape index (κ1) is 34.1. The second kappa shape index (κ2) is 16.0. The van der Waals surface area contributed by atoms with Gasteiger partial charge in [0.15, 0.2) is 0 Å². The lowest BCUT2D eigenvalue weighted by molar-refractivity contribution is -0.287. The van der Waals surface area contributed by atoms with E-state index in [9.17, 15) is 54.1 Å². The number of aliphatic hydroxyl groups is 2.